The summed E-state index contributed by atoms with van der Waals surface area (Å²) in [5.74, 6) is 0.110. The van der Waals surface area contributed by atoms with Crippen LogP contribution in [0.4, 0.5) is 5.69 Å². The molecule has 2 heterocycles. The number of carbonyl (C=O) groups is 1. The Hall–Kier alpha value is -2.87. The number of hydrogen-bond donors (Lipinski definition) is 1. The molecule has 0 aliphatic rings. The molecule has 0 spiro atoms. The van der Waals surface area contributed by atoms with Gasteiger partial charge in [-0.25, -0.2) is 4.98 Å². The lowest BCUT2D eigenvalue weighted by Crippen LogP contribution is -2.23. The topological polar surface area (TPSA) is 82.4 Å². The second kappa shape index (κ2) is 9.56. The highest BCUT2D eigenvalue weighted by Gasteiger charge is 2.13. The van der Waals surface area contributed by atoms with E-state index < -0.39 is 5.91 Å². The van der Waals surface area contributed by atoms with Crippen molar-refractivity contribution >= 4 is 34.8 Å². The minimum absolute atomic E-state index is 0.158. The number of rotatable bonds is 7. The van der Waals surface area contributed by atoms with Crippen molar-refractivity contribution in [1.29, 1.82) is 0 Å². The molecule has 0 fully saturated rings. The maximum Gasteiger partial charge on any atom is 0.257 e. The fraction of sp³-hybridized carbons (Fsp3) is 0.150. The lowest BCUT2D eigenvalue weighted by molar-refractivity contribution is 0.102. The average Bonchev–Trinajstić information content (AvgIpc) is 2.70. The molecule has 0 radical (unpaired) electrons. The molecule has 3 rings (SSSR count). The van der Waals surface area contributed by atoms with Crippen LogP contribution in [0.3, 0.4) is 0 Å². The molecule has 0 unspecified atom stereocenters. The number of hydrogen-bond acceptors (Lipinski definition) is 5. The van der Waals surface area contributed by atoms with Gasteiger partial charge in [0.05, 0.1) is 22.9 Å². The first-order valence-electron chi connectivity index (χ1n) is 8.56. The molecule has 0 saturated heterocycles. The Balaban J connectivity index is 1.82. The summed E-state index contributed by atoms with van der Waals surface area (Å²) >= 11 is 12.0. The van der Waals surface area contributed by atoms with E-state index >= 15 is 0 Å². The van der Waals surface area contributed by atoms with Gasteiger partial charge in [-0.05, 0) is 24.3 Å². The zero-order valence-electron chi connectivity index (χ0n) is 15.4. The predicted molar refractivity (Wildman–Crippen MR) is 111 cm³/mol. The van der Waals surface area contributed by atoms with Gasteiger partial charge in [0.25, 0.3) is 11.5 Å². The molecule has 1 aromatic carbocycles. The first-order chi connectivity index (χ1) is 14.0. The third kappa shape index (κ3) is 5.35. The quantitative estimate of drug-likeness (QED) is 0.602. The first-order valence-corrected chi connectivity index (χ1v) is 9.32. The maximum atomic E-state index is 12.7. The van der Waals surface area contributed by atoms with E-state index in [4.69, 9.17) is 32.7 Å². The predicted octanol–water partition coefficient (Wildman–Crippen LogP) is 4.24. The molecule has 1 amide bonds. The van der Waals surface area contributed by atoms with Gasteiger partial charge < -0.3 is 19.4 Å². The number of halogens is 2. The van der Waals surface area contributed by atoms with Crippen LogP contribution in [-0.2, 0) is 11.3 Å². The van der Waals surface area contributed by atoms with Gasteiger partial charge in [0.2, 0.25) is 5.88 Å². The lowest BCUT2D eigenvalue weighted by atomic mass is 10.2. The van der Waals surface area contributed by atoms with Crippen LogP contribution in [0.25, 0.3) is 0 Å². The third-order valence-corrected chi connectivity index (χ3v) is 4.38. The van der Waals surface area contributed by atoms with E-state index in [-0.39, 0.29) is 16.5 Å². The average molecular weight is 434 g/mol. The molecule has 7 nitrogen and oxygen atoms in total. The third-order valence-electron chi connectivity index (χ3n) is 3.90. The fourth-order valence-electron chi connectivity index (χ4n) is 2.46. The Bertz CT molecular complexity index is 1090. The number of nitrogens with one attached hydrogen (secondary N) is 1. The Morgan fingerprint density at radius 2 is 2.00 bits per heavy atom. The van der Waals surface area contributed by atoms with Gasteiger partial charge in [0.15, 0.2) is 5.75 Å². The number of methoxy groups -OCH3 is 1. The molecule has 0 bridgehead atoms. The van der Waals surface area contributed by atoms with Crippen LogP contribution in [0.5, 0.6) is 11.6 Å². The van der Waals surface area contributed by atoms with Crippen LogP contribution >= 0.6 is 23.2 Å². The van der Waals surface area contributed by atoms with Gasteiger partial charge in [-0.3, -0.25) is 9.59 Å². The minimum atomic E-state index is -0.401. The highest BCUT2D eigenvalue weighted by atomic mass is 35.5. The summed E-state index contributed by atoms with van der Waals surface area (Å²) in [6, 6.07) is 11.2. The number of pyridine rings is 2. The fourth-order valence-corrected chi connectivity index (χ4v) is 2.88. The van der Waals surface area contributed by atoms with Gasteiger partial charge in [-0.2, -0.15) is 0 Å². The molecule has 29 heavy (non-hydrogen) atoms. The van der Waals surface area contributed by atoms with Gasteiger partial charge in [0, 0.05) is 32.1 Å². The number of amides is 1. The lowest BCUT2D eigenvalue weighted by Gasteiger charge is -2.13. The number of para-hydroxylation sites is 2. The highest BCUT2D eigenvalue weighted by Crippen LogP contribution is 2.33. The largest absolute Gasteiger partial charge is 0.435 e. The number of carbonyl (C=O) groups excluding carboxylic acids is 1. The van der Waals surface area contributed by atoms with E-state index in [0.29, 0.717) is 35.2 Å². The SMILES string of the molecule is COCCn1cc(C(=O)Nc2ccccc2Oc2ncc(Cl)cc2Cl)ccc1=O. The van der Waals surface area contributed by atoms with E-state index in [0.717, 1.165) is 0 Å². The second-order valence-corrected chi connectivity index (χ2v) is 6.78. The minimum Gasteiger partial charge on any atom is -0.435 e. The monoisotopic (exact) mass is 433 g/mol. The van der Waals surface area contributed by atoms with Crippen molar-refractivity contribution in [3.05, 3.63) is 80.8 Å². The van der Waals surface area contributed by atoms with E-state index in [9.17, 15) is 9.59 Å². The summed E-state index contributed by atoms with van der Waals surface area (Å²) in [7, 11) is 1.54. The van der Waals surface area contributed by atoms with Crippen molar-refractivity contribution in [2.24, 2.45) is 0 Å². The molecule has 9 heteroatoms. The molecule has 0 saturated carbocycles. The van der Waals surface area contributed by atoms with Crippen LogP contribution in [0.15, 0.2) is 59.7 Å². The summed E-state index contributed by atoms with van der Waals surface area (Å²) in [6.45, 7) is 0.702. The summed E-state index contributed by atoms with van der Waals surface area (Å²) in [5.41, 5.74) is 0.518. The first kappa shape index (κ1) is 20.9. The van der Waals surface area contributed by atoms with Crippen molar-refractivity contribution in [3.8, 4) is 11.6 Å². The van der Waals surface area contributed by atoms with Gasteiger partial charge in [0.1, 0.15) is 5.02 Å². The van der Waals surface area contributed by atoms with Crippen molar-refractivity contribution < 1.29 is 14.3 Å². The van der Waals surface area contributed by atoms with Gasteiger partial charge >= 0.3 is 0 Å². The number of ether oxygens (including phenoxy) is 2. The maximum absolute atomic E-state index is 12.7. The molecular weight excluding hydrogens is 417 g/mol. The number of nitrogens with zero attached hydrogens (tertiary/aromatic N) is 2. The van der Waals surface area contributed by atoms with Crippen molar-refractivity contribution in [3.63, 3.8) is 0 Å². The van der Waals surface area contributed by atoms with Crippen molar-refractivity contribution in [2.45, 2.75) is 6.54 Å². The Morgan fingerprint density at radius 3 is 2.76 bits per heavy atom. The Labute approximate surface area is 176 Å². The standard InChI is InChI=1S/C20H17Cl2N3O4/c1-28-9-8-25-12-13(6-7-18(25)26)19(27)24-16-4-2-3-5-17(16)29-20-15(22)10-14(21)11-23-20/h2-7,10-12H,8-9H2,1H3,(H,24,27). The van der Waals surface area contributed by atoms with E-state index in [1.54, 1.807) is 31.4 Å². The molecule has 1 N–H and O–H groups in total. The molecule has 2 aromatic heterocycles. The number of aromatic nitrogens is 2. The Morgan fingerprint density at radius 1 is 1.21 bits per heavy atom. The zero-order chi connectivity index (χ0) is 20.8. The molecule has 3 aromatic rings. The zero-order valence-corrected chi connectivity index (χ0v) is 16.9. The second-order valence-electron chi connectivity index (χ2n) is 5.94. The van der Waals surface area contributed by atoms with Crippen molar-refractivity contribution in [2.75, 3.05) is 19.0 Å². The van der Waals surface area contributed by atoms with E-state index in [2.05, 4.69) is 10.3 Å². The number of anilines is 1. The van der Waals surface area contributed by atoms with Crippen LogP contribution in [-0.4, -0.2) is 29.2 Å². The summed E-state index contributed by atoms with van der Waals surface area (Å²) in [4.78, 5) is 28.6. The van der Waals surface area contributed by atoms with Gasteiger partial charge in [-0.1, -0.05) is 35.3 Å². The molecule has 0 aliphatic carbocycles. The molecule has 0 atom stereocenters. The molecular formula is C20H17Cl2N3O4. The summed E-state index contributed by atoms with van der Waals surface area (Å²) in [5, 5.41) is 3.39. The molecule has 150 valence electrons. The molecule has 0 aliphatic heterocycles. The van der Waals surface area contributed by atoms with Crippen LogP contribution < -0.4 is 15.6 Å². The van der Waals surface area contributed by atoms with Crippen molar-refractivity contribution in [1.82, 2.24) is 9.55 Å². The van der Waals surface area contributed by atoms with E-state index in [1.165, 1.54) is 35.2 Å². The number of benzene rings is 1. The summed E-state index contributed by atoms with van der Waals surface area (Å²) in [6.07, 6.45) is 2.89. The highest BCUT2D eigenvalue weighted by molar-refractivity contribution is 6.35. The Kier molecular flexibility index (Phi) is 6.87. The van der Waals surface area contributed by atoms with E-state index in [1.807, 2.05) is 0 Å². The van der Waals surface area contributed by atoms with Gasteiger partial charge in [-0.15, -0.1) is 0 Å². The summed E-state index contributed by atoms with van der Waals surface area (Å²) < 4.78 is 12.1. The van der Waals surface area contributed by atoms with Crippen LogP contribution in [0.1, 0.15) is 10.4 Å². The van der Waals surface area contributed by atoms with Crippen LogP contribution in [0.2, 0.25) is 10.0 Å². The normalized spacial score (nSPS) is 10.6. The van der Waals surface area contributed by atoms with Crippen LogP contribution in [0, 0.1) is 0 Å². The smallest absolute Gasteiger partial charge is 0.257 e.